The number of amides is 1. The van der Waals surface area contributed by atoms with Gasteiger partial charge >= 0.3 is 5.63 Å². The predicted molar refractivity (Wildman–Crippen MR) is 100 cm³/mol. The van der Waals surface area contributed by atoms with E-state index < -0.39 is 5.54 Å². The molecule has 1 spiro atoms. The minimum absolute atomic E-state index is 0.0213. The van der Waals surface area contributed by atoms with Crippen LogP contribution in [0.5, 0.6) is 0 Å². The molecule has 1 amide bonds. The molecule has 0 saturated carbocycles. The van der Waals surface area contributed by atoms with Crippen molar-refractivity contribution in [2.24, 2.45) is 4.99 Å². The van der Waals surface area contributed by atoms with Crippen molar-refractivity contribution in [3.8, 4) is 0 Å². The van der Waals surface area contributed by atoms with E-state index >= 15 is 0 Å². The number of aliphatic imine (C=N–C) groups is 1. The minimum Gasteiger partial charge on any atom is -0.423 e. The summed E-state index contributed by atoms with van der Waals surface area (Å²) in [4.78, 5) is 31.0. The Labute approximate surface area is 151 Å². The summed E-state index contributed by atoms with van der Waals surface area (Å²) in [5.41, 5.74) is 1.93. The second kappa shape index (κ2) is 6.36. The maximum absolute atomic E-state index is 12.2. The first-order valence-electron chi connectivity index (χ1n) is 9.15. The second-order valence-electron chi connectivity index (χ2n) is 7.23. The van der Waals surface area contributed by atoms with Crippen LogP contribution in [-0.4, -0.2) is 35.3 Å². The zero-order chi connectivity index (χ0) is 18.3. The molecule has 4 rings (SSSR count). The van der Waals surface area contributed by atoms with Gasteiger partial charge in [0.05, 0.1) is 0 Å². The Morgan fingerprint density at radius 1 is 1.23 bits per heavy atom. The van der Waals surface area contributed by atoms with Crippen LogP contribution >= 0.6 is 0 Å². The molecule has 2 aliphatic rings. The van der Waals surface area contributed by atoms with Gasteiger partial charge in [-0.2, -0.15) is 0 Å². The molecule has 0 atom stereocenters. The number of hydrogen-bond acceptors (Lipinski definition) is 5. The summed E-state index contributed by atoms with van der Waals surface area (Å²) in [5, 5.41) is 3.82. The summed E-state index contributed by atoms with van der Waals surface area (Å²) in [7, 11) is 0. The quantitative estimate of drug-likeness (QED) is 0.859. The highest BCUT2D eigenvalue weighted by atomic mass is 16.4. The van der Waals surface area contributed by atoms with Gasteiger partial charge in [-0.25, -0.2) is 4.79 Å². The Morgan fingerprint density at radius 3 is 2.65 bits per heavy atom. The van der Waals surface area contributed by atoms with Gasteiger partial charge in [-0.3, -0.25) is 14.7 Å². The average molecular weight is 353 g/mol. The van der Waals surface area contributed by atoms with E-state index in [4.69, 9.17) is 4.42 Å². The van der Waals surface area contributed by atoms with Gasteiger partial charge in [-0.05, 0) is 49.4 Å². The first-order chi connectivity index (χ1) is 12.5. The molecule has 3 heterocycles. The molecule has 1 aromatic heterocycles. The first-order valence-corrected chi connectivity index (χ1v) is 9.15. The van der Waals surface area contributed by atoms with Gasteiger partial charge in [0, 0.05) is 31.1 Å². The van der Waals surface area contributed by atoms with Crippen molar-refractivity contribution >= 4 is 22.7 Å². The van der Waals surface area contributed by atoms with E-state index in [0.29, 0.717) is 30.8 Å². The number of likely N-dealkylation sites (tertiary alicyclic amines) is 1. The Morgan fingerprint density at radius 2 is 2.00 bits per heavy atom. The normalized spacial score (nSPS) is 19.8. The molecule has 6 nitrogen and oxygen atoms in total. The molecule has 2 aliphatic heterocycles. The standard InChI is InChI=1S/C20H23N3O3/c1-3-14-4-5-17-16(10-14)15(11-18(24)26-17)12-23-8-6-20(7-9-23)19(25)21-13(2)22-20/h4-5,10-11H,3,6-9,12H2,1-2H3,(H,21,22,25). The number of nitrogens with zero attached hydrogens (tertiary/aromatic N) is 2. The summed E-state index contributed by atoms with van der Waals surface area (Å²) in [5.74, 6) is 0.732. The first kappa shape index (κ1) is 17.0. The van der Waals surface area contributed by atoms with Gasteiger partial charge in [-0.15, -0.1) is 0 Å². The van der Waals surface area contributed by atoms with Crippen LogP contribution < -0.4 is 10.9 Å². The van der Waals surface area contributed by atoms with E-state index in [0.717, 1.165) is 30.5 Å². The Balaban J connectivity index is 1.57. The summed E-state index contributed by atoms with van der Waals surface area (Å²) in [6.07, 6.45) is 2.35. The number of hydrogen-bond donors (Lipinski definition) is 1. The lowest BCUT2D eigenvalue weighted by atomic mass is 9.88. The van der Waals surface area contributed by atoms with Gasteiger partial charge in [0.25, 0.3) is 5.91 Å². The van der Waals surface area contributed by atoms with E-state index in [9.17, 15) is 9.59 Å². The fourth-order valence-electron chi connectivity index (χ4n) is 3.97. The number of carbonyl (C=O) groups excluding carboxylic acids is 1. The van der Waals surface area contributed by atoms with E-state index in [1.807, 2.05) is 19.1 Å². The number of benzene rings is 1. The van der Waals surface area contributed by atoms with Crippen LogP contribution in [0.15, 0.2) is 38.5 Å². The molecule has 0 bridgehead atoms. The fourth-order valence-corrected chi connectivity index (χ4v) is 3.97. The molecular weight excluding hydrogens is 330 g/mol. The van der Waals surface area contributed by atoms with E-state index in [1.165, 1.54) is 5.56 Å². The van der Waals surface area contributed by atoms with Crippen molar-refractivity contribution in [1.82, 2.24) is 10.2 Å². The van der Waals surface area contributed by atoms with Gasteiger partial charge < -0.3 is 9.73 Å². The third kappa shape index (κ3) is 2.94. The Hall–Kier alpha value is -2.47. The summed E-state index contributed by atoms with van der Waals surface area (Å²) < 4.78 is 5.35. The largest absolute Gasteiger partial charge is 0.423 e. The predicted octanol–water partition coefficient (Wildman–Crippen LogP) is 2.24. The SMILES string of the molecule is CCc1ccc2oc(=O)cc(CN3CCC4(CC3)N=C(C)NC4=O)c2c1. The van der Waals surface area contributed by atoms with Gasteiger partial charge in [0.1, 0.15) is 17.0 Å². The van der Waals surface area contributed by atoms with Crippen LogP contribution in [0, 0.1) is 0 Å². The molecule has 0 unspecified atom stereocenters. The van der Waals surface area contributed by atoms with Crippen LogP contribution in [-0.2, 0) is 17.8 Å². The molecular formula is C20H23N3O3. The molecule has 6 heteroatoms. The second-order valence-corrected chi connectivity index (χ2v) is 7.23. The highest BCUT2D eigenvalue weighted by Gasteiger charge is 2.44. The number of rotatable bonds is 3. The molecule has 0 aliphatic carbocycles. The maximum Gasteiger partial charge on any atom is 0.336 e. The summed E-state index contributed by atoms with van der Waals surface area (Å²) in [6.45, 7) is 6.17. The Kier molecular flexibility index (Phi) is 4.15. The van der Waals surface area contributed by atoms with Crippen molar-refractivity contribution in [2.45, 2.75) is 45.2 Å². The smallest absolute Gasteiger partial charge is 0.336 e. The minimum atomic E-state index is -0.590. The highest BCUT2D eigenvalue weighted by molar-refractivity contribution is 6.07. The van der Waals surface area contributed by atoms with Crippen molar-refractivity contribution in [2.75, 3.05) is 13.1 Å². The molecule has 1 aromatic carbocycles. The lowest BCUT2D eigenvalue weighted by Gasteiger charge is -2.35. The number of carbonyl (C=O) groups is 1. The molecule has 2 aromatic rings. The van der Waals surface area contributed by atoms with Gasteiger partial charge in [-0.1, -0.05) is 13.0 Å². The zero-order valence-corrected chi connectivity index (χ0v) is 15.2. The maximum atomic E-state index is 12.2. The van der Waals surface area contributed by atoms with Crippen LogP contribution in [0.3, 0.4) is 0 Å². The zero-order valence-electron chi connectivity index (χ0n) is 15.2. The van der Waals surface area contributed by atoms with Crippen LogP contribution in [0.1, 0.15) is 37.8 Å². The van der Waals surface area contributed by atoms with Crippen molar-refractivity contribution < 1.29 is 9.21 Å². The summed E-state index contributed by atoms with van der Waals surface area (Å²) in [6, 6.07) is 7.58. The molecule has 1 fully saturated rings. The topological polar surface area (TPSA) is 74.9 Å². The van der Waals surface area contributed by atoms with E-state index in [1.54, 1.807) is 6.07 Å². The third-order valence-corrected chi connectivity index (χ3v) is 5.48. The molecule has 0 radical (unpaired) electrons. The molecule has 1 N–H and O–H groups in total. The number of amidine groups is 1. The lowest BCUT2D eigenvalue weighted by molar-refractivity contribution is -0.125. The third-order valence-electron chi connectivity index (χ3n) is 5.48. The Bertz CT molecular complexity index is 952. The number of piperidine rings is 1. The van der Waals surface area contributed by atoms with Crippen LogP contribution in [0.4, 0.5) is 0 Å². The number of nitrogens with one attached hydrogen (secondary N) is 1. The van der Waals surface area contributed by atoms with E-state index in [-0.39, 0.29) is 11.5 Å². The highest BCUT2D eigenvalue weighted by Crippen LogP contribution is 2.31. The molecule has 26 heavy (non-hydrogen) atoms. The number of fused-ring (bicyclic) bond motifs is 1. The van der Waals surface area contributed by atoms with Gasteiger partial charge in [0.15, 0.2) is 0 Å². The number of aryl methyl sites for hydroxylation is 1. The van der Waals surface area contributed by atoms with Crippen LogP contribution in [0.25, 0.3) is 11.0 Å². The summed E-state index contributed by atoms with van der Waals surface area (Å²) >= 11 is 0. The van der Waals surface area contributed by atoms with Crippen LogP contribution in [0.2, 0.25) is 0 Å². The average Bonchev–Trinajstić information content (AvgIpc) is 2.90. The van der Waals surface area contributed by atoms with Crippen molar-refractivity contribution in [3.63, 3.8) is 0 Å². The molecule has 1 saturated heterocycles. The van der Waals surface area contributed by atoms with E-state index in [2.05, 4.69) is 28.2 Å². The fraction of sp³-hybridized carbons (Fsp3) is 0.450. The monoisotopic (exact) mass is 353 g/mol. The van der Waals surface area contributed by atoms with Crippen molar-refractivity contribution in [3.05, 3.63) is 45.8 Å². The van der Waals surface area contributed by atoms with Gasteiger partial charge in [0.2, 0.25) is 0 Å². The molecule has 136 valence electrons. The lowest BCUT2D eigenvalue weighted by Crippen LogP contribution is -2.48. The van der Waals surface area contributed by atoms with Crippen molar-refractivity contribution in [1.29, 1.82) is 0 Å².